The van der Waals surface area contributed by atoms with Gasteiger partial charge in [-0.2, -0.15) is 0 Å². The summed E-state index contributed by atoms with van der Waals surface area (Å²) in [7, 11) is 0. The topological polar surface area (TPSA) is 61.4 Å². The third kappa shape index (κ3) is 5.16. The lowest BCUT2D eigenvalue weighted by molar-refractivity contribution is -0.116. The summed E-state index contributed by atoms with van der Waals surface area (Å²) < 4.78 is 0. The molecule has 130 valence electrons. The van der Waals surface area contributed by atoms with Crippen LogP contribution in [-0.2, 0) is 10.4 Å². The number of rotatable bonds is 7. The molecular formula is C19H26N2O2S. The average molecular weight is 346 g/mol. The maximum Gasteiger partial charge on any atom is 0.225 e. The normalized spacial score (nSPS) is 14.9. The quantitative estimate of drug-likeness (QED) is 0.718. The van der Waals surface area contributed by atoms with E-state index in [-0.39, 0.29) is 11.9 Å². The van der Waals surface area contributed by atoms with Crippen molar-refractivity contribution in [2.75, 3.05) is 11.9 Å². The van der Waals surface area contributed by atoms with Gasteiger partial charge in [0.1, 0.15) is 5.60 Å². The van der Waals surface area contributed by atoms with Gasteiger partial charge in [0, 0.05) is 29.6 Å². The van der Waals surface area contributed by atoms with Crippen LogP contribution in [0.4, 0.5) is 5.69 Å². The highest BCUT2D eigenvalue weighted by atomic mass is 32.1. The second-order valence-corrected chi connectivity index (χ2v) is 7.55. The number of carbonyl (C=O) groups is 1. The van der Waals surface area contributed by atoms with E-state index in [4.69, 9.17) is 0 Å². The molecule has 0 radical (unpaired) electrons. The van der Waals surface area contributed by atoms with Crippen LogP contribution in [-0.4, -0.2) is 23.6 Å². The first-order valence-electron chi connectivity index (χ1n) is 8.15. The van der Waals surface area contributed by atoms with Crippen LogP contribution in [0.5, 0.6) is 0 Å². The zero-order chi connectivity index (χ0) is 17.7. The van der Waals surface area contributed by atoms with Gasteiger partial charge in [0.25, 0.3) is 0 Å². The van der Waals surface area contributed by atoms with Gasteiger partial charge in [-0.25, -0.2) is 0 Å². The first-order chi connectivity index (χ1) is 11.3. The Bertz CT molecular complexity index is 681. The van der Waals surface area contributed by atoms with Gasteiger partial charge in [-0.15, -0.1) is 11.3 Å². The minimum Gasteiger partial charge on any atom is -0.383 e. The van der Waals surface area contributed by atoms with E-state index in [0.29, 0.717) is 13.0 Å². The van der Waals surface area contributed by atoms with Crippen LogP contribution in [0.2, 0.25) is 0 Å². The molecule has 2 atom stereocenters. The van der Waals surface area contributed by atoms with Gasteiger partial charge in [0.05, 0.1) is 0 Å². The Morgan fingerprint density at radius 3 is 2.71 bits per heavy atom. The molecule has 2 aromatic rings. The molecule has 0 spiro atoms. The van der Waals surface area contributed by atoms with Crippen molar-refractivity contribution in [2.24, 2.45) is 0 Å². The Hall–Kier alpha value is -1.69. The summed E-state index contributed by atoms with van der Waals surface area (Å²) >= 11 is 1.53. The molecule has 3 N–H and O–H groups in total. The fraction of sp³-hybridized carbons (Fsp3) is 0.421. The molecule has 0 aliphatic rings. The fourth-order valence-electron chi connectivity index (χ4n) is 2.55. The van der Waals surface area contributed by atoms with Gasteiger partial charge in [0.15, 0.2) is 0 Å². The van der Waals surface area contributed by atoms with Gasteiger partial charge < -0.3 is 15.7 Å². The largest absolute Gasteiger partial charge is 0.383 e. The number of aliphatic hydroxyl groups is 1. The molecule has 5 heteroatoms. The van der Waals surface area contributed by atoms with Crippen LogP contribution in [0.1, 0.15) is 36.3 Å². The molecule has 0 fully saturated rings. The van der Waals surface area contributed by atoms with Gasteiger partial charge in [0.2, 0.25) is 5.91 Å². The van der Waals surface area contributed by atoms with Crippen molar-refractivity contribution in [3.05, 3.63) is 51.7 Å². The summed E-state index contributed by atoms with van der Waals surface area (Å²) in [6, 6.07) is 9.79. The predicted octanol–water partition coefficient (Wildman–Crippen LogP) is 3.58. The summed E-state index contributed by atoms with van der Waals surface area (Å²) in [5.74, 6) is -0.0299. The van der Waals surface area contributed by atoms with Crippen molar-refractivity contribution in [2.45, 2.75) is 45.8 Å². The zero-order valence-electron chi connectivity index (χ0n) is 14.7. The predicted molar refractivity (Wildman–Crippen MR) is 101 cm³/mol. The fourth-order valence-corrected chi connectivity index (χ4v) is 3.34. The van der Waals surface area contributed by atoms with Gasteiger partial charge >= 0.3 is 0 Å². The molecule has 4 nitrogen and oxygen atoms in total. The molecular weight excluding hydrogens is 320 g/mol. The van der Waals surface area contributed by atoms with Crippen molar-refractivity contribution in [3.63, 3.8) is 0 Å². The van der Waals surface area contributed by atoms with E-state index >= 15 is 0 Å². The Balaban J connectivity index is 1.83. The lowest BCUT2D eigenvalue weighted by Gasteiger charge is -2.25. The van der Waals surface area contributed by atoms with E-state index in [9.17, 15) is 9.90 Å². The van der Waals surface area contributed by atoms with Crippen LogP contribution < -0.4 is 10.6 Å². The molecule has 0 saturated carbocycles. The van der Waals surface area contributed by atoms with E-state index in [2.05, 4.69) is 16.7 Å². The number of amides is 1. The minimum atomic E-state index is -0.924. The molecule has 1 heterocycles. The highest BCUT2D eigenvalue weighted by molar-refractivity contribution is 7.10. The summed E-state index contributed by atoms with van der Waals surface area (Å²) in [5.41, 5.74) is 2.16. The first-order valence-corrected chi connectivity index (χ1v) is 9.03. The maximum atomic E-state index is 12.2. The first kappa shape index (κ1) is 18.6. The highest BCUT2D eigenvalue weighted by Gasteiger charge is 2.24. The van der Waals surface area contributed by atoms with E-state index in [1.165, 1.54) is 16.9 Å². The SMILES string of the molecule is Cc1ccc(NC(=O)CC(C)NCC(C)(O)c2cccs2)c(C)c1. The summed E-state index contributed by atoms with van der Waals surface area (Å²) in [6.45, 7) is 8.17. The Labute approximate surface area is 147 Å². The Morgan fingerprint density at radius 2 is 2.08 bits per heavy atom. The van der Waals surface area contributed by atoms with E-state index in [1.54, 1.807) is 6.92 Å². The van der Waals surface area contributed by atoms with Crippen molar-refractivity contribution in [1.29, 1.82) is 0 Å². The second-order valence-electron chi connectivity index (χ2n) is 6.60. The smallest absolute Gasteiger partial charge is 0.225 e. The number of hydrogen-bond acceptors (Lipinski definition) is 4. The van der Waals surface area contributed by atoms with E-state index in [1.807, 2.05) is 50.4 Å². The molecule has 2 rings (SSSR count). The van der Waals surface area contributed by atoms with E-state index in [0.717, 1.165) is 16.1 Å². The van der Waals surface area contributed by atoms with Crippen LogP contribution in [0.3, 0.4) is 0 Å². The number of benzene rings is 1. The summed E-state index contributed by atoms with van der Waals surface area (Å²) in [5, 5.41) is 18.7. The molecule has 0 aliphatic carbocycles. The zero-order valence-corrected chi connectivity index (χ0v) is 15.5. The third-order valence-electron chi connectivity index (χ3n) is 3.99. The Morgan fingerprint density at radius 1 is 1.33 bits per heavy atom. The van der Waals surface area contributed by atoms with Crippen LogP contribution in [0, 0.1) is 13.8 Å². The number of thiophene rings is 1. The van der Waals surface area contributed by atoms with Crippen molar-refractivity contribution < 1.29 is 9.90 Å². The maximum absolute atomic E-state index is 12.2. The number of nitrogens with one attached hydrogen (secondary N) is 2. The molecule has 2 unspecified atom stereocenters. The monoisotopic (exact) mass is 346 g/mol. The molecule has 1 aromatic carbocycles. The van der Waals surface area contributed by atoms with Crippen LogP contribution in [0.25, 0.3) is 0 Å². The second kappa shape index (κ2) is 7.92. The lowest BCUT2D eigenvalue weighted by Crippen LogP contribution is -2.40. The van der Waals surface area contributed by atoms with Crippen LogP contribution >= 0.6 is 11.3 Å². The average Bonchev–Trinajstić information content (AvgIpc) is 3.03. The molecule has 0 saturated heterocycles. The molecule has 1 amide bonds. The van der Waals surface area contributed by atoms with Crippen molar-refractivity contribution in [3.8, 4) is 0 Å². The van der Waals surface area contributed by atoms with E-state index < -0.39 is 5.60 Å². The number of aryl methyl sites for hydroxylation is 2. The number of carbonyl (C=O) groups excluding carboxylic acids is 1. The highest BCUT2D eigenvalue weighted by Crippen LogP contribution is 2.24. The van der Waals surface area contributed by atoms with Gasteiger partial charge in [-0.1, -0.05) is 23.8 Å². The number of anilines is 1. The van der Waals surface area contributed by atoms with Crippen molar-refractivity contribution in [1.82, 2.24) is 5.32 Å². The molecule has 24 heavy (non-hydrogen) atoms. The molecule has 0 aliphatic heterocycles. The standard InChI is InChI=1S/C19H26N2O2S/c1-13-7-8-16(14(2)10-13)21-18(22)11-15(3)20-12-19(4,23)17-6-5-9-24-17/h5-10,15,20,23H,11-12H2,1-4H3,(H,21,22). The summed E-state index contributed by atoms with van der Waals surface area (Å²) in [4.78, 5) is 13.1. The summed E-state index contributed by atoms with van der Waals surface area (Å²) in [6.07, 6.45) is 0.355. The lowest BCUT2D eigenvalue weighted by atomic mass is 10.0. The van der Waals surface area contributed by atoms with Crippen molar-refractivity contribution >= 4 is 22.9 Å². The van der Waals surface area contributed by atoms with Gasteiger partial charge in [-0.05, 0) is 50.8 Å². The Kier molecular flexibility index (Phi) is 6.15. The van der Waals surface area contributed by atoms with Crippen LogP contribution in [0.15, 0.2) is 35.7 Å². The number of hydrogen-bond donors (Lipinski definition) is 3. The third-order valence-corrected chi connectivity index (χ3v) is 5.12. The minimum absolute atomic E-state index is 0.0257. The van der Waals surface area contributed by atoms with Gasteiger partial charge in [-0.3, -0.25) is 4.79 Å². The molecule has 0 bridgehead atoms. The molecule has 1 aromatic heterocycles.